The van der Waals surface area contributed by atoms with Crippen LogP contribution >= 0.6 is 38.6 Å². The van der Waals surface area contributed by atoms with Crippen LogP contribution in [0.3, 0.4) is 0 Å². The Balaban J connectivity index is 1.87. The highest BCUT2D eigenvalue weighted by molar-refractivity contribution is 9.10. The van der Waals surface area contributed by atoms with Crippen molar-refractivity contribution in [2.24, 2.45) is 0 Å². The second-order valence-electron chi connectivity index (χ2n) is 4.87. The Kier molecular flexibility index (Phi) is 4.91. The van der Waals surface area contributed by atoms with Gasteiger partial charge in [0.2, 0.25) is 0 Å². The molecule has 1 N–H and O–H groups in total. The van der Waals surface area contributed by atoms with E-state index in [1.165, 1.54) is 15.3 Å². The summed E-state index contributed by atoms with van der Waals surface area (Å²) in [6, 6.07) is 17.6. The summed E-state index contributed by atoms with van der Waals surface area (Å²) in [4.78, 5) is 2.72. The smallest absolute Gasteiger partial charge is 0.0769 e. The van der Waals surface area contributed by atoms with Gasteiger partial charge < -0.3 is 0 Å². The van der Waals surface area contributed by atoms with Crippen molar-refractivity contribution in [1.82, 2.24) is 5.32 Å². The molecule has 0 aliphatic carbocycles. The van der Waals surface area contributed by atoms with Crippen molar-refractivity contribution in [3.05, 3.63) is 79.1 Å². The van der Waals surface area contributed by atoms with Crippen LogP contribution in [0.1, 0.15) is 34.3 Å². The fourth-order valence-electron chi connectivity index (χ4n) is 2.38. The van der Waals surface area contributed by atoms with Gasteiger partial charge in [-0.2, -0.15) is 0 Å². The van der Waals surface area contributed by atoms with Crippen molar-refractivity contribution in [2.75, 3.05) is 0 Å². The van der Waals surface area contributed by atoms with Gasteiger partial charge in [-0.15, -0.1) is 22.7 Å². The lowest BCUT2D eigenvalue weighted by atomic mass is 10.1. The average molecular weight is 378 g/mol. The van der Waals surface area contributed by atoms with Crippen molar-refractivity contribution in [1.29, 1.82) is 0 Å². The molecule has 1 nitrogen and oxygen atoms in total. The van der Waals surface area contributed by atoms with Crippen LogP contribution < -0.4 is 5.32 Å². The Morgan fingerprint density at radius 2 is 1.52 bits per heavy atom. The number of nitrogens with one attached hydrogen (secondary N) is 1. The maximum Gasteiger partial charge on any atom is 0.0769 e. The zero-order valence-corrected chi connectivity index (χ0v) is 14.8. The molecule has 3 rings (SSSR count). The highest BCUT2D eigenvalue weighted by Crippen LogP contribution is 2.32. The zero-order chi connectivity index (χ0) is 14.7. The highest BCUT2D eigenvalue weighted by atomic mass is 79.9. The maximum atomic E-state index is 3.77. The molecule has 3 aromatic rings. The molecule has 0 aliphatic rings. The van der Waals surface area contributed by atoms with E-state index in [1.54, 1.807) is 22.7 Å². The first-order valence-corrected chi connectivity index (χ1v) is 9.38. The van der Waals surface area contributed by atoms with Crippen LogP contribution in [0.25, 0.3) is 0 Å². The summed E-state index contributed by atoms with van der Waals surface area (Å²) in [5, 5.41) is 8.05. The third kappa shape index (κ3) is 3.46. The molecule has 2 heterocycles. The standard InChI is InChI=1S/C17H16BrNS2/c1-12(13-6-2-3-7-14(13)18)19-17(15-8-4-10-20-15)16-9-5-11-21-16/h2-12,17,19H,1H3. The Labute approximate surface area is 141 Å². The topological polar surface area (TPSA) is 12.0 Å². The van der Waals surface area contributed by atoms with E-state index < -0.39 is 0 Å². The zero-order valence-electron chi connectivity index (χ0n) is 11.6. The van der Waals surface area contributed by atoms with Crippen LogP contribution in [0.5, 0.6) is 0 Å². The predicted molar refractivity (Wildman–Crippen MR) is 96.2 cm³/mol. The normalized spacial score (nSPS) is 12.7. The number of hydrogen-bond acceptors (Lipinski definition) is 3. The van der Waals surface area contributed by atoms with Gasteiger partial charge in [-0.25, -0.2) is 0 Å². The molecule has 4 heteroatoms. The Hall–Kier alpha value is -0.940. The Morgan fingerprint density at radius 3 is 2.05 bits per heavy atom. The summed E-state index contributed by atoms with van der Waals surface area (Å²) >= 11 is 7.26. The Morgan fingerprint density at radius 1 is 0.905 bits per heavy atom. The van der Waals surface area contributed by atoms with E-state index in [2.05, 4.69) is 87.5 Å². The summed E-state index contributed by atoms with van der Waals surface area (Å²) in [6.07, 6.45) is 0. The molecule has 0 aliphatic heterocycles. The van der Waals surface area contributed by atoms with Gasteiger partial charge in [0.25, 0.3) is 0 Å². The van der Waals surface area contributed by atoms with Gasteiger partial charge in [-0.05, 0) is 41.4 Å². The Bertz CT molecular complexity index is 642. The molecule has 108 valence electrons. The van der Waals surface area contributed by atoms with Crippen LogP contribution in [-0.4, -0.2) is 0 Å². The molecular formula is C17H16BrNS2. The van der Waals surface area contributed by atoms with E-state index in [9.17, 15) is 0 Å². The average Bonchev–Trinajstić information content (AvgIpc) is 3.18. The maximum absolute atomic E-state index is 3.77. The van der Waals surface area contributed by atoms with E-state index in [4.69, 9.17) is 0 Å². The number of thiophene rings is 2. The minimum Gasteiger partial charge on any atom is -0.298 e. The molecule has 1 aromatic carbocycles. The lowest BCUT2D eigenvalue weighted by molar-refractivity contribution is 0.525. The predicted octanol–water partition coefficient (Wildman–Crippen LogP) is 6.01. The van der Waals surface area contributed by atoms with E-state index >= 15 is 0 Å². The summed E-state index contributed by atoms with van der Waals surface area (Å²) in [6.45, 7) is 2.22. The summed E-state index contributed by atoms with van der Waals surface area (Å²) < 4.78 is 1.15. The van der Waals surface area contributed by atoms with Crippen LogP contribution in [0, 0.1) is 0 Å². The molecule has 0 saturated carbocycles. The quantitative estimate of drug-likeness (QED) is 0.573. The first-order valence-electron chi connectivity index (χ1n) is 6.83. The minimum absolute atomic E-state index is 0.257. The molecule has 0 saturated heterocycles. The molecule has 1 unspecified atom stereocenters. The second kappa shape index (κ2) is 6.88. The molecular weight excluding hydrogens is 362 g/mol. The van der Waals surface area contributed by atoms with E-state index in [1.807, 2.05) is 0 Å². The lowest BCUT2D eigenvalue weighted by Crippen LogP contribution is -2.24. The largest absolute Gasteiger partial charge is 0.298 e. The third-order valence-corrected chi connectivity index (χ3v) is 6.04. The van der Waals surface area contributed by atoms with Crippen molar-refractivity contribution in [2.45, 2.75) is 19.0 Å². The molecule has 1 atom stereocenters. The fourth-order valence-corrected chi connectivity index (χ4v) is 4.69. The minimum atomic E-state index is 0.257. The molecule has 0 fully saturated rings. The monoisotopic (exact) mass is 377 g/mol. The second-order valence-corrected chi connectivity index (χ2v) is 7.69. The molecule has 2 aromatic heterocycles. The van der Waals surface area contributed by atoms with E-state index in [0.29, 0.717) is 0 Å². The van der Waals surface area contributed by atoms with Gasteiger partial charge in [-0.1, -0.05) is 46.3 Å². The first-order chi connectivity index (χ1) is 10.3. The molecule has 21 heavy (non-hydrogen) atoms. The number of benzene rings is 1. The summed E-state index contributed by atoms with van der Waals surface area (Å²) in [5.74, 6) is 0. The van der Waals surface area contributed by atoms with Crippen molar-refractivity contribution < 1.29 is 0 Å². The summed E-state index contributed by atoms with van der Waals surface area (Å²) in [5.41, 5.74) is 1.29. The van der Waals surface area contributed by atoms with Crippen LogP contribution in [-0.2, 0) is 0 Å². The van der Waals surface area contributed by atoms with E-state index in [0.717, 1.165) is 4.47 Å². The van der Waals surface area contributed by atoms with Crippen molar-refractivity contribution in [3.63, 3.8) is 0 Å². The third-order valence-electron chi connectivity index (χ3n) is 3.44. The first kappa shape index (κ1) is 15.0. The molecule has 0 amide bonds. The fraction of sp³-hybridized carbons (Fsp3) is 0.176. The van der Waals surface area contributed by atoms with Gasteiger partial charge in [0.05, 0.1) is 6.04 Å². The van der Waals surface area contributed by atoms with Crippen LogP contribution in [0.4, 0.5) is 0 Å². The molecule has 0 radical (unpaired) electrons. The SMILES string of the molecule is CC(NC(c1cccs1)c1cccs1)c1ccccc1Br. The van der Waals surface area contributed by atoms with Gasteiger partial charge in [0.1, 0.15) is 0 Å². The van der Waals surface area contributed by atoms with E-state index in [-0.39, 0.29) is 12.1 Å². The highest BCUT2D eigenvalue weighted by Gasteiger charge is 2.20. The van der Waals surface area contributed by atoms with Crippen molar-refractivity contribution in [3.8, 4) is 0 Å². The van der Waals surface area contributed by atoms with Crippen LogP contribution in [0.15, 0.2) is 63.8 Å². The number of rotatable bonds is 5. The van der Waals surface area contributed by atoms with Gasteiger partial charge in [0, 0.05) is 20.3 Å². The van der Waals surface area contributed by atoms with Crippen molar-refractivity contribution >= 4 is 38.6 Å². The van der Waals surface area contributed by atoms with Crippen LogP contribution in [0.2, 0.25) is 0 Å². The summed E-state index contributed by atoms with van der Waals surface area (Å²) in [7, 11) is 0. The molecule has 0 bridgehead atoms. The number of hydrogen-bond donors (Lipinski definition) is 1. The molecule has 0 spiro atoms. The van der Waals surface area contributed by atoms with Gasteiger partial charge in [-0.3, -0.25) is 5.32 Å². The number of halogens is 1. The van der Waals surface area contributed by atoms with Gasteiger partial charge in [0.15, 0.2) is 0 Å². The van der Waals surface area contributed by atoms with Gasteiger partial charge >= 0.3 is 0 Å². The lowest BCUT2D eigenvalue weighted by Gasteiger charge is -2.23.